The number of aromatic carboxylic acids is 1. The van der Waals surface area contributed by atoms with Crippen molar-refractivity contribution in [1.82, 2.24) is 46.4 Å². The summed E-state index contributed by atoms with van der Waals surface area (Å²) in [6.07, 6.45) is 19.6. The Balaban J connectivity index is 0.000000193. The van der Waals surface area contributed by atoms with Gasteiger partial charge in [-0.2, -0.15) is 0 Å². The van der Waals surface area contributed by atoms with E-state index in [1.165, 1.54) is 73.3 Å². The molecule has 23 nitrogen and oxygen atoms in total. The molecular weight excluding hydrogens is 1450 g/mol. The highest BCUT2D eigenvalue weighted by molar-refractivity contribution is 6.11. The maximum absolute atomic E-state index is 15.3. The number of unbranched alkanes of at least 4 members (excludes halogenated alkanes) is 8. The Morgan fingerprint density at radius 1 is 0.527 bits per heavy atom. The van der Waals surface area contributed by atoms with Gasteiger partial charge in [-0.05, 0) is 166 Å². The van der Waals surface area contributed by atoms with Crippen molar-refractivity contribution in [3.05, 3.63) is 188 Å². The molecule has 2 atom stereocenters. The van der Waals surface area contributed by atoms with Crippen LogP contribution in [0, 0.1) is 23.3 Å². The van der Waals surface area contributed by atoms with Crippen LogP contribution in [0.2, 0.25) is 0 Å². The fourth-order valence-electron chi connectivity index (χ4n) is 14.5. The number of imide groups is 2. The van der Waals surface area contributed by atoms with Gasteiger partial charge in [-0.1, -0.05) is 82.3 Å². The van der Waals surface area contributed by atoms with Crippen LogP contribution >= 0.6 is 0 Å². The number of benzene rings is 6. The Morgan fingerprint density at radius 2 is 0.946 bits per heavy atom. The first kappa shape index (κ1) is 81.4. The van der Waals surface area contributed by atoms with Gasteiger partial charge in [0.25, 0.3) is 29.5 Å². The minimum Gasteiger partial charge on any atom is -0.478 e. The average Bonchev–Trinajstić information content (AvgIpc) is 0.802. The number of halogens is 5. The largest absolute Gasteiger partial charge is 0.478 e. The van der Waals surface area contributed by atoms with E-state index < -0.39 is 65.9 Å². The van der Waals surface area contributed by atoms with Crippen molar-refractivity contribution in [2.75, 3.05) is 45.0 Å². The number of carboxylic acid groups (broad SMARTS) is 1. The molecule has 2 aromatic heterocycles. The van der Waals surface area contributed by atoms with E-state index in [4.69, 9.17) is 12.2 Å². The molecule has 10 N–H and O–H groups in total. The topological polar surface area (TPSA) is 333 Å². The number of carboxylic acids is 1. The zero-order chi connectivity index (χ0) is 79.9. The van der Waals surface area contributed by atoms with Crippen molar-refractivity contribution in [3.8, 4) is 22.3 Å². The summed E-state index contributed by atoms with van der Waals surface area (Å²) in [4.78, 5) is 134. The molecule has 2 unspecified atom stereocenters. The van der Waals surface area contributed by atoms with Gasteiger partial charge in [-0.25, -0.2) is 22.4 Å². The first-order valence-corrected chi connectivity index (χ1v) is 37.4. The molecule has 28 heteroatoms. The number of aromatic nitrogens is 2. The van der Waals surface area contributed by atoms with E-state index in [0.717, 1.165) is 125 Å². The van der Waals surface area contributed by atoms with Gasteiger partial charge < -0.3 is 47.2 Å². The second kappa shape index (κ2) is 37.9. The third kappa shape index (κ3) is 19.4. The molecule has 4 fully saturated rings. The lowest BCUT2D eigenvalue weighted by atomic mass is 9.98. The molecule has 8 aromatic rings. The predicted octanol–water partition coefficient (Wildman–Crippen LogP) is 12.7. The average molecular weight is 1540 g/mol. The number of nitrogens with two attached hydrogens (primary N) is 1. The molecule has 14 rings (SSSR count). The van der Waals surface area contributed by atoms with Crippen LogP contribution in [0.4, 0.5) is 33.3 Å². The lowest BCUT2D eigenvalue weighted by Gasteiger charge is -2.29. The number of carbonyl (C=O) groups is 10. The van der Waals surface area contributed by atoms with E-state index in [2.05, 4.69) is 53.3 Å². The van der Waals surface area contributed by atoms with Gasteiger partial charge >= 0.3 is 5.97 Å². The van der Waals surface area contributed by atoms with Crippen molar-refractivity contribution >= 4 is 92.3 Å². The Labute approximate surface area is 646 Å². The van der Waals surface area contributed by atoms with Crippen molar-refractivity contribution in [2.24, 2.45) is 5.73 Å². The first-order valence-electron chi connectivity index (χ1n) is 38.1. The molecular formula is C84H93F5N12O11. The fraction of sp³-hybridized carbons (Fsp3) is 0.381. The minimum atomic E-state index is -1.40. The van der Waals surface area contributed by atoms with Gasteiger partial charge in [-0.15, -0.1) is 0 Å². The summed E-state index contributed by atoms with van der Waals surface area (Å²) in [6, 6.07) is 23.5. The predicted molar refractivity (Wildman–Crippen MR) is 415 cm³/mol. The van der Waals surface area contributed by atoms with Gasteiger partial charge in [0.05, 0.1) is 53.2 Å². The highest BCUT2D eigenvalue weighted by atomic mass is 19.1. The molecule has 0 bridgehead atoms. The lowest BCUT2D eigenvalue weighted by molar-refractivity contribution is -0.138. The monoisotopic (exact) mass is 1540 g/mol. The third-order valence-electron chi connectivity index (χ3n) is 20.7. The van der Waals surface area contributed by atoms with Crippen LogP contribution in [0.5, 0.6) is 0 Å². The molecule has 6 aliphatic rings. The van der Waals surface area contributed by atoms with Crippen LogP contribution in [-0.4, -0.2) is 143 Å². The second-order valence-electron chi connectivity index (χ2n) is 28.2. The number of alkyl halides is 1. The summed E-state index contributed by atoms with van der Waals surface area (Å²) in [7, 11) is 2.31. The molecule has 9 amide bonds. The number of anilines is 2. The van der Waals surface area contributed by atoms with Crippen LogP contribution in [0.1, 0.15) is 209 Å². The van der Waals surface area contributed by atoms with Crippen molar-refractivity contribution in [2.45, 2.75) is 173 Å². The van der Waals surface area contributed by atoms with E-state index in [1.807, 2.05) is 24.3 Å². The van der Waals surface area contributed by atoms with E-state index in [9.17, 15) is 61.1 Å². The summed E-state index contributed by atoms with van der Waals surface area (Å²) >= 11 is 0. The van der Waals surface area contributed by atoms with Gasteiger partial charge in [0.2, 0.25) is 23.6 Å². The van der Waals surface area contributed by atoms with Crippen molar-refractivity contribution in [1.29, 1.82) is 0 Å². The normalized spacial score (nSPS) is 16.2. The first-order chi connectivity index (χ1) is 54.0. The number of rotatable bonds is 27. The maximum Gasteiger partial charge on any atom is 0.338 e. The number of carbonyl (C=O) groups excluding carboxylic acids is 9. The molecule has 112 heavy (non-hydrogen) atoms. The number of nitrogens with one attached hydrogen (secondary N) is 7. The molecule has 6 heterocycles. The summed E-state index contributed by atoms with van der Waals surface area (Å²) < 4.78 is 74.8. The van der Waals surface area contributed by atoms with E-state index in [-0.39, 0.29) is 102 Å². The zero-order valence-corrected chi connectivity index (χ0v) is 61.7. The molecule has 2 saturated heterocycles. The second-order valence-corrected chi connectivity index (χ2v) is 28.2. The van der Waals surface area contributed by atoms with Crippen LogP contribution in [0.25, 0.3) is 44.1 Å². The molecule has 2 saturated carbocycles. The highest BCUT2D eigenvalue weighted by Crippen LogP contribution is 2.38. The number of piperidine rings is 2. The Hall–Kier alpha value is -11.6. The van der Waals surface area contributed by atoms with Gasteiger partial charge in [0.1, 0.15) is 35.4 Å². The number of pyridine rings is 2. The van der Waals surface area contributed by atoms with Gasteiger partial charge in [0.15, 0.2) is 0 Å². The zero-order valence-electron chi connectivity index (χ0n) is 62.7. The van der Waals surface area contributed by atoms with E-state index in [1.54, 1.807) is 30.0 Å². The number of hydrogen-bond donors (Lipinski definition) is 9. The Kier molecular flexibility index (Phi) is 27.6. The quantitative estimate of drug-likeness (QED) is 0.0131. The molecule has 6 aromatic carbocycles. The van der Waals surface area contributed by atoms with E-state index >= 15 is 8.78 Å². The Bertz CT molecular complexity index is 4970. The molecule has 0 spiro atoms. The summed E-state index contributed by atoms with van der Waals surface area (Å²) in [5, 5.41) is 29.3. The van der Waals surface area contributed by atoms with Crippen LogP contribution < -0.4 is 43.0 Å². The smallest absolute Gasteiger partial charge is 0.338 e. The minimum absolute atomic E-state index is 0. The summed E-state index contributed by atoms with van der Waals surface area (Å²) in [5.41, 5.74) is 13.4. The Morgan fingerprint density at radius 3 is 1.35 bits per heavy atom. The summed E-state index contributed by atoms with van der Waals surface area (Å²) in [5.74, 6) is -7.09. The number of nitrogens with zero attached hydrogens (tertiary/aromatic N) is 4. The fourth-order valence-corrected chi connectivity index (χ4v) is 14.5. The standard InChI is InChI=1S/C41H42F2N6O5.C21H17F2N3O3.C20H27N3O3.CH3F.CH4/c1-44-37-29-19-28(33(43)20-34(29)46-21-30(37)39(52)47-25-12-13-25)24-11-14-27(32(42)18-24)38(51)45-17-6-4-2-3-5-8-23-9-7-10-26-31(23)22-49(41(26)54)35-15-16-36(50)48-40(35)53;1-24-19-14-7-13(10-2-5-12(21(28)29)16(22)6-10)17(23)8-18(14)25-9-15(19)20(27)26-11-3-4-11;21-12-5-3-1-2-4-7-14-8-6-9-15-16(14)13-23(20(15)26)17-10-11-18(24)22-19(17)25;1-2;/h7,9-11,14,18-21,25,35H,2-6,8,12-13,15-17,22H2,1H3,(H,44,46)(H,45,51)(H,47,52)(H,48,50,53);2,5-9,11H,3-4H2,1H3,(H,24,25)(H,26,27)(H,28,29);6,8-9,17H,1-5,7,10-13,21H2,(H,22,24,25);1H3;1H4/i;;;1D;. The van der Waals surface area contributed by atoms with Crippen molar-refractivity contribution < 1.29 is 76.4 Å². The molecule has 4 aliphatic heterocycles. The third-order valence-corrected chi connectivity index (χ3v) is 20.7. The number of aryl methyl sites for hydroxylation is 2. The van der Waals surface area contributed by atoms with Crippen LogP contribution in [-0.2, 0) is 45.1 Å². The molecule has 2 aliphatic carbocycles. The highest BCUT2D eigenvalue weighted by Gasteiger charge is 2.42. The van der Waals surface area contributed by atoms with E-state index in [0.29, 0.717) is 94.3 Å². The van der Waals surface area contributed by atoms with Crippen molar-refractivity contribution in [3.63, 3.8) is 0 Å². The number of amides is 9. The lowest BCUT2D eigenvalue weighted by Crippen LogP contribution is -2.52. The number of fused-ring (bicyclic) bond motifs is 4. The summed E-state index contributed by atoms with van der Waals surface area (Å²) in [6.45, 7) is 1.95. The van der Waals surface area contributed by atoms with Crippen LogP contribution in [0.3, 0.4) is 0 Å². The maximum atomic E-state index is 15.3. The molecule has 0 radical (unpaired) electrons. The number of hydrogen-bond acceptors (Lipinski definition) is 15. The molecule has 590 valence electrons. The van der Waals surface area contributed by atoms with Crippen LogP contribution in [0.15, 0.2) is 109 Å². The van der Waals surface area contributed by atoms with Gasteiger partial charge in [0, 0.05) is 116 Å². The van der Waals surface area contributed by atoms with Gasteiger partial charge in [-0.3, -0.25) is 68.1 Å². The SMILES string of the molecule is C.CNc1c(C(=O)NC2CC2)cnc2cc(F)c(-c3ccc(C(=O)NCCCCCCCc4cccc5c4CN(C4CCC(=O)NC4=O)C5=O)c(F)c3)cc12.CNc1c(C(=O)NC2CC2)cnc2cc(F)c(-c3ccc(C(=O)O)c(F)c3)cc12.NCCCCCCCc1cccc2c1CN(C1CCC(=O)NC1=O)C2=O.[2H]CF.